The topological polar surface area (TPSA) is 68.0 Å². The SMILES string of the molecule is CCc1cccc(NC(=O)c2cc(C3CC3)nc3onc(C)c23)c1. The number of fused-ring (bicyclic) bond motifs is 1. The third kappa shape index (κ3) is 2.66. The Morgan fingerprint density at radius 1 is 1.33 bits per heavy atom. The van der Waals surface area contributed by atoms with Crippen LogP contribution in [0.2, 0.25) is 0 Å². The van der Waals surface area contributed by atoms with Crippen molar-refractivity contribution in [3.63, 3.8) is 0 Å². The van der Waals surface area contributed by atoms with E-state index in [1.165, 1.54) is 5.56 Å². The fourth-order valence-corrected chi connectivity index (χ4v) is 2.95. The van der Waals surface area contributed by atoms with Crippen molar-refractivity contribution in [1.82, 2.24) is 10.1 Å². The van der Waals surface area contributed by atoms with Crippen LogP contribution >= 0.6 is 0 Å². The Morgan fingerprint density at radius 2 is 2.17 bits per heavy atom. The summed E-state index contributed by atoms with van der Waals surface area (Å²) in [5.41, 5.74) is 4.63. The molecule has 122 valence electrons. The first-order valence-corrected chi connectivity index (χ1v) is 8.33. The molecule has 4 rings (SSSR count). The third-order valence-electron chi connectivity index (χ3n) is 4.47. The molecule has 2 aromatic heterocycles. The Kier molecular flexibility index (Phi) is 3.56. The van der Waals surface area contributed by atoms with E-state index >= 15 is 0 Å². The van der Waals surface area contributed by atoms with Crippen molar-refractivity contribution in [2.24, 2.45) is 0 Å². The van der Waals surface area contributed by atoms with Gasteiger partial charge in [-0.05, 0) is 49.9 Å². The van der Waals surface area contributed by atoms with Gasteiger partial charge in [0.25, 0.3) is 11.6 Å². The monoisotopic (exact) mass is 321 g/mol. The fraction of sp³-hybridized carbons (Fsp3) is 0.316. The molecule has 1 aliphatic carbocycles. The molecule has 24 heavy (non-hydrogen) atoms. The number of rotatable bonds is 4. The number of anilines is 1. The number of amides is 1. The molecule has 0 atom stereocenters. The van der Waals surface area contributed by atoms with Gasteiger partial charge >= 0.3 is 0 Å². The van der Waals surface area contributed by atoms with Gasteiger partial charge in [-0.2, -0.15) is 0 Å². The highest BCUT2D eigenvalue weighted by atomic mass is 16.5. The van der Waals surface area contributed by atoms with E-state index in [-0.39, 0.29) is 5.91 Å². The second kappa shape index (κ2) is 5.74. The van der Waals surface area contributed by atoms with Gasteiger partial charge in [0, 0.05) is 17.3 Å². The maximum atomic E-state index is 12.9. The molecule has 0 radical (unpaired) electrons. The molecule has 5 nitrogen and oxygen atoms in total. The largest absolute Gasteiger partial charge is 0.336 e. The molecule has 1 saturated carbocycles. The van der Waals surface area contributed by atoms with Crippen molar-refractivity contribution in [3.05, 3.63) is 52.8 Å². The van der Waals surface area contributed by atoms with Crippen molar-refractivity contribution >= 4 is 22.7 Å². The first kappa shape index (κ1) is 14.9. The lowest BCUT2D eigenvalue weighted by Gasteiger charge is -2.09. The molecule has 0 aliphatic heterocycles. The van der Waals surface area contributed by atoms with Crippen LogP contribution in [-0.4, -0.2) is 16.0 Å². The van der Waals surface area contributed by atoms with Gasteiger partial charge < -0.3 is 9.84 Å². The van der Waals surface area contributed by atoms with Gasteiger partial charge in [0.1, 0.15) is 0 Å². The van der Waals surface area contributed by atoms with Crippen molar-refractivity contribution in [1.29, 1.82) is 0 Å². The van der Waals surface area contributed by atoms with Crippen molar-refractivity contribution in [2.75, 3.05) is 5.32 Å². The first-order chi connectivity index (χ1) is 11.7. The van der Waals surface area contributed by atoms with Crippen LogP contribution < -0.4 is 5.32 Å². The predicted octanol–water partition coefficient (Wildman–Crippen LogP) is 4.22. The van der Waals surface area contributed by atoms with E-state index in [0.29, 0.717) is 28.3 Å². The Hall–Kier alpha value is -2.69. The number of pyridine rings is 1. The zero-order valence-electron chi connectivity index (χ0n) is 13.8. The van der Waals surface area contributed by atoms with Crippen LogP contribution in [0.3, 0.4) is 0 Å². The molecule has 2 heterocycles. The highest BCUT2D eigenvalue weighted by Crippen LogP contribution is 2.40. The standard InChI is InChI=1S/C19H19N3O2/c1-3-12-5-4-6-14(9-12)20-18(23)15-10-16(13-7-8-13)21-19-17(15)11(2)22-24-19/h4-6,9-10,13H,3,7-8H2,1-2H3,(H,20,23). The van der Waals surface area contributed by atoms with Crippen LogP contribution in [0.25, 0.3) is 11.1 Å². The number of aromatic nitrogens is 2. The number of carbonyl (C=O) groups is 1. The molecular formula is C19H19N3O2. The number of hydrogen-bond donors (Lipinski definition) is 1. The minimum atomic E-state index is -0.149. The Balaban J connectivity index is 1.73. The van der Waals surface area contributed by atoms with Crippen LogP contribution in [-0.2, 0) is 6.42 Å². The van der Waals surface area contributed by atoms with Gasteiger partial charge in [-0.1, -0.05) is 24.2 Å². The van der Waals surface area contributed by atoms with Crippen LogP contribution in [0.5, 0.6) is 0 Å². The van der Waals surface area contributed by atoms with Gasteiger partial charge in [0.15, 0.2) is 0 Å². The second-order valence-electron chi connectivity index (χ2n) is 6.33. The van der Waals surface area contributed by atoms with Crippen molar-refractivity contribution in [3.8, 4) is 0 Å². The van der Waals surface area contributed by atoms with Gasteiger partial charge in [-0.25, -0.2) is 4.98 Å². The number of hydrogen-bond acceptors (Lipinski definition) is 4. The molecule has 0 saturated heterocycles. The predicted molar refractivity (Wildman–Crippen MR) is 92.3 cm³/mol. The number of nitrogens with zero attached hydrogens (tertiary/aromatic N) is 2. The van der Waals surface area contributed by atoms with Gasteiger partial charge in [-0.3, -0.25) is 4.79 Å². The van der Waals surface area contributed by atoms with Crippen LogP contribution in [0.1, 0.15) is 53.0 Å². The molecule has 1 fully saturated rings. The smallest absolute Gasteiger partial charge is 0.259 e. The van der Waals surface area contributed by atoms with Crippen molar-refractivity contribution < 1.29 is 9.32 Å². The Labute approximate surface area is 140 Å². The Bertz CT molecular complexity index is 926. The second-order valence-corrected chi connectivity index (χ2v) is 6.33. The number of nitrogens with one attached hydrogen (secondary N) is 1. The average molecular weight is 321 g/mol. The molecule has 1 amide bonds. The number of carbonyl (C=O) groups excluding carboxylic acids is 1. The summed E-state index contributed by atoms with van der Waals surface area (Å²) >= 11 is 0. The Morgan fingerprint density at radius 3 is 2.92 bits per heavy atom. The average Bonchev–Trinajstić information content (AvgIpc) is 3.38. The molecule has 0 bridgehead atoms. The fourth-order valence-electron chi connectivity index (χ4n) is 2.95. The normalized spacial score (nSPS) is 14.1. The first-order valence-electron chi connectivity index (χ1n) is 8.33. The van der Waals surface area contributed by atoms with Crippen molar-refractivity contribution in [2.45, 2.75) is 39.0 Å². The zero-order valence-corrected chi connectivity index (χ0v) is 13.8. The number of aryl methyl sites for hydroxylation is 2. The molecule has 3 aromatic rings. The van der Waals surface area contributed by atoms with E-state index in [9.17, 15) is 4.79 Å². The van der Waals surface area contributed by atoms with E-state index < -0.39 is 0 Å². The lowest BCUT2D eigenvalue weighted by atomic mass is 10.1. The van der Waals surface area contributed by atoms with Gasteiger partial charge in [0.2, 0.25) is 0 Å². The summed E-state index contributed by atoms with van der Waals surface area (Å²) in [5.74, 6) is 0.290. The van der Waals surface area contributed by atoms with Crippen LogP contribution in [0.15, 0.2) is 34.9 Å². The summed E-state index contributed by atoms with van der Waals surface area (Å²) in [6.45, 7) is 3.93. The van der Waals surface area contributed by atoms with E-state index in [4.69, 9.17) is 4.52 Å². The zero-order chi connectivity index (χ0) is 16.7. The van der Waals surface area contributed by atoms with Gasteiger partial charge in [0.05, 0.1) is 16.6 Å². The molecule has 0 spiro atoms. The molecule has 1 N–H and O–H groups in total. The third-order valence-corrected chi connectivity index (χ3v) is 4.47. The van der Waals surface area contributed by atoms with Gasteiger partial charge in [-0.15, -0.1) is 0 Å². The summed E-state index contributed by atoms with van der Waals surface area (Å²) in [5, 5.41) is 7.67. The molecule has 0 unspecified atom stereocenters. The van der Waals surface area contributed by atoms with E-state index in [2.05, 4.69) is 28.4 Å². The summed E-state index contributed by atoms with van der Waals surface area (Å²) in [4.78, 5) is 17.4. The quantitative estimate of drug-likeness (QED) is 0.781. The minimum Gasteiger partial charge on any atom is -0.336 e. The maximum absolute atomic E-state index is 12.9. The molecular weight excluding hydrogens is 302 g/mol. The summed E-state index contributed by atoms with van der Waals surface area (Å²) in [7, 11) is 0. The lowest BCUT2D eigenvalue weighted by Crippen LogP contribution is -2.13. The summed E-state index contributed by atoms with van der Waals surface area (Å²) in [6.07, 6.45) is 3.16. The maximum Gasteiger partial charge on any atom is 0.259 e. The lowest BCUT2D eigenvalue weighted by molar-refractivity contribution is 0.102. The minimum absolute atomic E-state index is 0.149. The van der Waals surface area contributed by atoms with E-state index in [1.54, 1.807) is 0 Å². The summed E-state index contributed by atoms with van der Waals surface area (Å²) < 4.78 is 5.30. The molecule has 1 aromatic carbocycles. The molecule has 1 aliphatic rings. The molecule has 5 heteroatoms. The van der Waals surface area contributed by atoms with Crippen LogP contribution in [0.4, 0.5) is 5.69 Å². The van der Waals surface area contributed by atoms with Crippen LogP contribution in [0, 0.1) is 6.92 Å². The number of benzene rings is 1. The summed E-state index contributed by atoms with van der Waals surface area (Å²) in [6, 6.07) is 9.80. The highest BCUT2D eigenvalue weighted by Gasteiger charge is 2.28. The highest BCUT2D eigenvalue weighted by molar-refractivity contribution is 6.12. The van der Waals surface area contributed by atoms with E-state index in [1.807, 2.05) is 31.2 Å². The van der Waals surface area contributed by atoms with E-state index in [0.717, 1.165) is 30.6 Å².